The molecule has 6 nitrogen and oxygen atoms in total. The van der Waals surface area contributed by atoms with Crippen molar-refractivity contribution in [2.45, 2.75) is 0 Å². The summed E-state index contributed by atoms with van der Waals surface area (Å²) >= 11 is 0. The van der Waals surface area contributed by atoms with Crippen molar-refractivity contribution in [3.8, 4) is 5.75 Å². The fourth-order valence-electron chi connectivity index (χ4n) is 1.41. The molecule has 1 amide bonds. The van der Waals surface area contributed by atoms with Crippen LogP contribution in [0.5, 0.6) is 5.75 Å². The molecule has 2 rings (SSSR count). The number of hydrogen-bond acceptors (Lipinski definition) is 5. The number of hydrogen-bond donors (Lipinski definition) is 1. The summed E-state index contributed by atoms with van der Waals surface area (Å²) in [7, 11) is -5.09. The van der Waals surface area contributed by atoms with Gasteiger partial charge in [-0.1, -0.05) is 3.89 Å². The van der Waals surface area contributed by atoms with Gasteiger partial charge in [-0.2, -0.15) is 8.42 Å². The predicted octanol–water partition coefficient (Wildman–Crippen LogP) is 2.07. The molecule has 0 saturated carbocycles. The van der Waals surface area contributed by atoms with Crippen LogP contribution in [-0.2, 0) is 10.5 Å². The third-order valence-electron chi connectivity index (χ3n) is 2.27. The van der Waals surface area contributed by atoms with Crippen molar-refractivity contribution in [3.63, 3.8) is 0 Å². The van der Waals surface area contributed by atoms with Crippen molar-refractivity contribution in [3.05, 3.63) is 54.1 Å². The molecule has 21 heavy (non-hydrogen) atoms. The minimum atomic E-state index is -5.09. The smallest absolute Gasteiger partial charge is 0.358 e. The molecular formula is C12H8F2N2O4S. The predicted molar refractivity (Wildman–Crippen MR) is 69.2 cm³/mol. The standard InChI is InChI=1S/C12H8F2N2O4S/c13-8-1-6-11(15-7-8)12(17)16-9-2-4-10(5-3-9)20-21(14,18)19/h1-7H,(H,16,17). The van der Waals surface area contributed by atoms with Gasteiger partial charge in [-0.25, -0.2) is 9.37 Å². The first-order valence-electron chi connectivity index (χ1n) is 5.50. The van der Waals surface area contributed by atoms with Crippen LogP contribution in [0.1, 0.15) is 10.5 Å². The number of carbonyl (C=O) groups is 1. The quantitative estimate of drug-likeness (QED) is 0.873. The average molecular weight is 314 g/mol. The molecule has 0 spiro atoms. The summed E-state index contributed by atoms with van der Waals surface area (Å²) < 4.78 is 49.5. The number of halogens is 2. The van der Waals surface area contributed by atoms with Gasteiger partial charge in [0.1, 0.15) is 17.3 Å². The molecule has 0 aliphatic rings. The van der Waals surface area contributed by atoms with Gasteiger partial charge in [0.15, 0.2) is 0 Å². The Morgan fingerprint density at radius 3 is 2.33 bits per heavy atom. The first-order valence-corrected chi connectivity index (χ1v) is 6.81. The minimum absolute atomic E-state index is 0.00284. The van der Waals surface area contributed by atoms with E-state index in [4.69, 9.17) is 0 Å². The maximum Gasteiger partial charge on any atom is 0.488 e. The Labute approximate surface area is 118 Å². The van der Waals surface area contributed by atoms with Crippen molar-refractivity contribution in [1.82, 2.24) is 4.98 Å². The van der Waals surface area contributed by atoms with Gasteiger partial charge in [0.25, 0.3) is 5.91 Å². The number of anilines is 1. The van der Waals surface area contributed by atoms with E-state index in [9.17, 15) is 21.5 Å². The average Bonchev–Trinajstić information content (AvgIpc) is 2.40. The van der Waals surface area contributed by atoms with Crippen LogP contribution in [-0.4, -0.2) is 19.3 Å². The van der Waals surface area contributed by atoms with E-state index in [1.165, 1.54) is 18.2 Å². The second kappa shape index (κ2) is 5.83. The van der Waals surface area contributed by atoms with E-state index in [0.29, 0.717) is 5.69 Å². The Morgan fingerprint density at radius 1 is 1.14 bits per heavy atom. The second-order valence-electron chi connectivity index (χ2n) is 3.82. The normalized spacial score (nSPS) is 11.0. The third kappa shape index (κ3) is 4.49. The van der Waals surface area contributed by atoms with Crippen LogP contribution in [0.3, 0.4) is 0 Å². The zero-order valence-electron chi connectivity index (χ0n) is 10.3. The molecule has 0 radical (unpaired) electrons. The van der Waals surface area contributed by atoms with E-state index >= 15 is 0 Å². The summed E-state index contributed by atoms with van der Waals surface area (Å²) in [5.74, 6) is -1.39. The summed E-state index contributed by atoms with van der Waals surface area (Å²) in [6, 6.07) is 7.22. The number of amides is 1. The van der Waals surface area contributed by atoms with Crippen LogP contribution < -0.4 is 9.50 Å². The summed E-state index contributed by atoms with van der Waals surface area (Å²) in [6.07, 6.45) is 0.901. The molecule has 1 N–H and O–H groups in total. The zero-order chi connectivity index (χ0) is 15.5. The highest BCUT2D eigenvalue weighted by molar-refractivity contribution is 7.81. The first kappa shape index (κ1) is 14.9. The number of rotatable bonds is 4. The minimum Gasteiger partial charge on any atom is -0.358 e. The SMILES string of the molecule is O=C(Nc1ccc(OS(=O)(=O)F)cc1)c1ccc(F)cn1. The second-order valence-corrected chi connectivity index (χ2v) is 4.77. The molecule has 1 aromatic carbocycles. The highest BCUT2D eigenvalue weighted by atomic mass is 32.3. The molecule has 9 heteroatoms. The van der Waals surface area contributed by atoms with Gasteiger partial charge in [0.05, 0.1) is 6.20 Å². The molecule has 0 bridgehead atoms. The van der Waals surface area contributed by atoms with E-state index in [1.807, 2.05) is 0 Å². The molecule has 0 atom stereocenters. The van der Waals surface area contributed by atoms with Crippen LogP contribution in [0.25, 0.3) is 0 Å². The summed E-state index contributed by atoms with van der Waals surface area (Å²) in [5.41, 5.74) is 0.304. The van der Waals surface area contributed by atoms with Gasteiger partial charge >= 0.3 is 10.5 Å². The maximum absolute atomic E-state index is 12.7. The number of nitrogens with one attached hydrogen (secondary N) is 1. The highest BCUT2D eigenvalue weighted by Crippen LogP contribution is 2.18. The molecule has 110 valence electrons. The highest BCUT2D eigenvalue weighted by Gasteiger charge is 2.11. The number of benzene rings is 1. The zero-order valence-corrected chi connectivity index (χ0v) is 11.1. The van der Waals surface area contributed by atoms with E-state index in [-0.39, 0.29) is 11.4 Å². The van der Waals surface area contributed by atoms with Gasteiger partial charge in [-0.3, -0.25) is 4.79 Å². The molecule has 0 saturated heterocycles. The largest absolute Gasteiger partial charge is 0.488 e. The lowest BCUT2D eigenvalue weighted by Crippen LogP contribution is -2.13. The molecule has 0 aliphatic heterocycles. The van der Waals surface area contributed by atoms with Crippen LogP contribution in [0.2, 0.25) is 0 Å². The lowest BCUT2D eigenvalue weighted by atomic mass is 10.3. The Balaban J connectivity index is 2.06. The summed E-state index contributed by atoms with van der Waals surface area (Å²) in [4.78, 5) is 15.4. The Morgan fingerprint density at radius 2 is 1.81 bits per heavy atom. The van der Waals surface area contributed by atoms with E-state index in [2.05, 4.69) is 14.5 Å². The van der Waals surface area contributed by atoms with Crippen LogP contribution in [0, 0.1) is 5.82 Å². The maximum atomic E-state index is 12.7. The number of pyridine rings is 1. The lowest BCUT2D eigenvalue weighted by molar-refractivity contribution is 0.102. The van der Waals surface area contributed by atoms with Gasteiger partial charge < -0.3 is 9.50 Å². The topological polar surface area (TPSA) is 85.4 Å². The molecule has 1 heterocycles. The molecule has 0 fully saturated rings. The molecule has 2 aromatic rings. The number of nitrogens with zero attached hydrogens (tertiary/aromatic N) is 1. The van der Waals surface area contributed by atoms with Crippen LogP contribution in [0.4, 0.5) is 14.0 Å². The van der Waals surface area contributed by atoms with Crippen molar-refractivity contribution in [2.24, 2.45) is 0 Å². The van der Waals surface area contributed by atoms with Crippen LogP contribution >= 0.6 is 0 Å². The van der Waals surface area contributed by atoms with Gasteiger partial charge in [0.2, 0.25) is 0 Å². The lowest BCUT2D eigenvalue weighted by Gasteiger charge is -2.05. The van der Waals surface area contributed by atoms with Gasteiger partial charge in [-0.15, -0.1) is 0 Å². The Hall–Kier alpha value is -2.55. The van der Waals surface area contributed by atoms with Gasteiger partial charge in [0, 0.05) is 5.69 Å². The molecule has 1 aromatic heterocycles. The number of aromatic nitrogens is 1. The first-order chi connectivity index (χ1) is 9.83. The number of carbonyl (C=O) groups excluding carboxylic acids is 1. The van der Waals surface area contributed by atoms with Crippen molar-refractivity contribution in [2.75, 3.05) is 5.32 Å². The molecule has 0 aliphatic carbocycles. The summed E-state index contributed by atoms with van der Waals surface area (Å²) in [6.45, 7) is 0. The molecule has 0 unspecified atom stereocenters. The fraction of sp³-hybridized carbons (Fsp3) is 0. The monoisotopic (exact) mass is 314 g/mol. The Bertz CT molecular complexity index is 746. The molecular weight excluding hydrogens is 306 g/mol. The fourth-order valence-corrected chi connectivity index (χ4v) is 1.76. The van der Waals surface area contributed by atoms with E-state index < -0.39 is 22.2 Å². The van der Waals surface area contributed by atoms with Crippen LogP contribution in [0.15, 0.2) is 42.6 Å². The van der Waals surface area contributed by atoms with E-state index in [0.717, 1.165) is 24.4 Å². The van der Waals surface area contributed by atoms with Crippen molar-refractivity contribution >= 4 is 22.1 Å². The Kier molecular flexibility index (Phi) is 4.13. The van der Waals surface area contributed by atoms with Gasteiger partial charge in [-0.05, 0) is 36.4 Å². The third-order valence-corrected chi connectivity index (χ3v) is 2.66. The van der Waals surface area contributed by atoms with E-state index in [1.54, 1.807) is 0 Å². The summed E-state index contributed by atoms with van der Waals surface area (Å²) in [5, 5.41) is 2.45. The van der Waals surface area contributed by atoms with Crippen molar-refractivity contribution in [1.29, 1.82) is 0 Å². The van der Waals surface area contributed by atoms with Crippen molar-refractivity contribution < 1.29 is 25.7 Å².